The van der Waals surface area contributed by atoms with Gasteiger partial charge in [-0.2, -0.15) is 6.07 Å². The van der Waals surface area contributed by atoms with Crippen molar-refractivity contribution in [2.75, 3.05) is 9.80 Å². The number of nitrogens with zero attached hydrogens (tertiary/aromatic N) is 4. The Kier molecular flexibility index (Phi) is 12.5. The third-order valence-electron chi connectivity index (χ3n) is 12.8. The summed E-state index contributed by atoms with van der Waals surface area (Å²) in [7, 11) is 0. The molecule has 2 aromatic heterocycles. The standard InChI is InChI=1S/C59H61N4O.Pt/c1-37(2)41-28-50(38(3)4)57(51(29-41)39(5)6)40-26-27-60-56(30-40)63-52-21-14-13-20-48(52)49-25-24-46(35-55(49)63)64-47-33-43(59(10,11)12)32-45(34-47)62-36-61(53-22-15-16-23-54(53)62)44-19-17-18-42(31-44)58(7,8)9;/h13-33,36-39H,1-12H3;/q-3;. The van der Waals surface area contributed by atoms with Crippen molar-refractivity contribution in [1.82, 2.24) is 9.55 Å². The molecule has 336 valence electrons. The molecule has 0 saturated heterocycles. The van der Waals surface area contributed by atoms with Crippen LogP contribution in [-0.2, 0) is 31.9 Å². The fourth-order valence-electron chi connectivity index (χ4n) is 9.05. The predicted octanol–water partition coefficient (Wildman–Crippen LogP) is 16.6. The Hall–Kier alpha value is -5.64. The Bertz CT molecular complexity index is 3010. The molecule has 5 nitrogen and oxygen atoms in total. The summed E-state index contributed by atoms with van der Waals surface area (Å²) in [4.78, 5) is 9.57. The zero-order valence-electron chi connectivity index (χ0n) is 39.9. The SMILES string of the molecule is CC(C)c1cc(C(C)C)c(-c2ccnc(-n3c4[c-]c(Oc5[c-]c(N6[CH-]N(c7cccc(C(C)(C)C)c7)c7ccccc76)cc(C(C)(C)C)c5)ccc4c4ccccc43)c2)c(C(C)C)c1.[Pt]. The first-order chi connectivity index (χ1) is 30.5. The van der Waals surface area contributed by atoms with Crippen molar-refractivity contribution in [3.8, 4) is 28.4 Å². The Balaban J connectivity index is 0.00000576. The van der Waals surface area contributed by atoms with Gasteiger partial charge in [-0.3, -0.25) is 0 Å². The summed E-state index contributed by atoms with van der Waals surface area (Å²) in [5.41, 5.74) is 15.2. The smallest absolute Gasteiger partial charge is 0.136 e. The van der Waals surface area contributed by atoms with E-state index in [1.165, 1.54) is 33.4 Å². The molecule has 9 rings (SSSR count). The molecule has 0 aliphatic carbocycles. The van der Waals surface area contributed by atoms with Crippen molar-refractivity contribution in [3.63, 3.8) is 0 Å². The summed E-state index contributed by atoms with van der Waals surface area (Å²) in [5.74, 6) is 3.26. The van der Waals surface area contributed by atoms with Crippen molar-refractivity contribution < 1.29 is 25.8 Å². The molecule has 0 unspecified atom stereocenters. The first kappa shape index (κ1) is 45.9. The second-order valence-corrected chi connectivity index (χ2v) is 20.5. The first-order valence-corrected chi connectivity index (χ1v) is 22.9. The maximum absolute atomic E-state index is 6.87. The molecule has 0 N–H and O–H groups in total. The molecule has 0 bridgehead atoms. The van der Waals surface area contributed by atoms with Gasteiger partial charge in [0.25, 0.3) is 0 Å². The number of hydrogen-bond donors (Lipinski definition) is 0. The van der Waals surface area contributed by atoms with Gasteiger partial charge in [0.05, 0.1) is 0 Å². The molecule has 0 radical (unpaired) electrons. The number of ether oxygens (including phenoxy) is 1. The van der Waals surface area contributed by atoms with E-state index in [1.54, 1.807) is 0 Å². The summed E-state index contributed by atoms with van der Waals surface area (Å²) in [6, 6.07) is 51.2. The van der Waals surface area contributed by atoms with Crippen molar-refractivity contribution in [2.45, 2.75) is 112 Å². The average Bonchev–Trinajstić information content (AvgIpc) is 3.81. The number of benzene rings is 6. The Morgan fingerprint density at radius 1 is 0.585 bits per heavy atom. The van der Waals surface area contributed by atoms with Crippen LogP contribution in [0.2, 0.25) is 0 Å². The third-order valence-corrected chi connectivity index (χ3v) is 12.8. The van der Waals surface area contributed by atoms with E-state index in [0.717, 1.165) is 55.9 Å². The van der Waals surface area contributed by atoms with Crippen LogP contribution < -0.4 is 14.5 Å². The molecular formula is C59H61N4OPt-3. The van der Waals surface area contributed by atoms with E-state index in [4.69, 9.17) is 9.72 Å². The molecule has 0 fully saturated rings. The van der Waals surface area contributed by atoms with E-state index in [9.17, 15) is 0 Å². The zero-order chi connectivity index (χ0) is 45.2. The van der Waals surface area contributed by atoms with E-state index < -0.39 is 0 Å². The molecule has 1 aliphatic rings. The largest absolute Gasteiger partial charge is 0.509 e. The molecule has 8 aromatic rings. The second kappa shape index (κ2) is 17.6. The Labute approximate surface area is 401 Å². The van der Waals surface area contributed by atoms with E-state index in [2.05, 4.69) is 232 Å². The predicted molar refractivity (Wildman–Crippen MR) is 269 cm³/mol. The molecular weight excluding hydrogens is 976 g/mol. The van der Waals surface area contributed by atoms with Crippen molar-refractivity contribution in [1.29, 1.82) is 0 Å². The van der Waals surface area contributed by atoms with Crippen LogP contribution in [0.4, 0.5) is 22.7 Å². The minimum Gasteiger partial charge on any atom is -0.509 e. The van der Waals surface area contributed by atoms with Gasteiger partial charge in [0.2, 0.25) is 0 Å². The molecule has 6 aromatic carbocycles. The summed E-state index contributed by atoms with van der Waals surface area (Å²) >= 11 is 0. The minimum atomic E-state index is -0.154. The minimum absolute atomic E-state index is 0. The van der Waals surface area contributed by atoms with Gasteiger partial charge in [0.15, 0.2) is 0 Å². The van der Waals surface area contributed by atoms with Gasteiger partial charge in [-0.05, 0) is 110 Å². The van der Waals surface area contributed by atoms with E-state index >= 15 is 0 Å². The maximum Gasteiger partial charge on any atom is 0.136 e. The van der Waals surface area contributed by atoms with Crippen LogP contribution in [0.25, 0.3) is 38.8 Å². The number of rotatable bonds is 9. The van der Waals surface area contributed by atoms with Gasteiger partial charge in [-0.15, -0.1) is 53.6 Å². The van der Waals surface area contributed by atoms with Crippen LogP contribution in [-0.4, -0.2) is 9.55 Å². The Morgan fingerprint density at radius 3 is 1.91 bits per heavy atom. The quantitative estimate of drug-likeness (QED) is 0.135. The summed E-state index contributed by atoms with van der Waals surface area (Å²) in [6.07, 6.45) is 1.96. The Morgan fingerprint density at radius 2 is 1.25 bits per heavy atom. The van der Waals surface area contributed by atoms with Crippen LogP contribution in [0.5, 0.6) is 11.5 Å². The zero-order valence-corrected chi connectivity index (χ0v) is 42.2. The normalized spacial score (nSPS) is 13.1. The van der Waals surface area contributed by atoms with Crippen LogP contribution in [0.1, 0.15) is 129 Å². The van der Waals surface area contributed by atoms with Crippen molar-refractivity contribution in [3.05, 3.63) is 174 Å². The molecule has 1 aliphatic heterocycles. The molecule has 3 heterocycles. The van der Waals surface area contributed by atoms with Crippen molar-refractivity contribution in [2.24, 2.45) is 0 Å². The number of anilines is 4. The fraction of sp³-hybridized carbons (Fsp3) is 0.288. The number of para-hydroxylation sites is 3. The van der Waals surface area contributed by atoms with Crippen LogP contribution in [0.15, 0.2) is 128 Å². The van der Waals surface area contributed by atoms with Crippen LogP contribution in [0, 0.1) is 18.8 Å². The van der Waals surface area contributed by atoms with Gasteiger partial charge in [-0.1, -0.05) is 143 Å². The van der Waals surface area contributed by atoms with Gasteiger partial charge < -0.3 is 19.1 Å². The average molecular weight is 1040 g/mol. The van der Waals surface area contributed by atoms with Gasteiger partial charge in [-0.25, -0.2) is 4.98 Å². The monoisotopic (exact) mass is 1040 g/mol. The fourth-order valence-corrected chi connectivity index (χ4v) is 9.05. The second-order valence-electron chi connectivity index (χ2n) is 20.5. The number of aromatic nitrogens is 2. The van der Waals surface area contributed by atoms with E-state index in [1.807, 2.05) is 12.3 Å². The molecule has 0 spiro atoms. The summed E-state index contributed by atoms with van der Waals surface area (Å²) < 4.78 is 9.11. The number of fused-ring (bicyclic) bond motifs is 4. The van der Waals surface area contributed by atoms with E-state index in [-0.39, 0.29) is 31.9 Å². The van der Waals surface area contributed by atoms with Crippen LogP contribution >= 0.6 is 0 Å². The molecule has 65 heavy (non-hydrogen) atoms. The molecule has 0 atom stereocenters. The van der Waals surface area contributed by atoms with Gasteiger partial charge in [0.1, 0.15) is 5.82 Å². The van der Waals surface area contributed by atoms with Crippen molar-refractivity contribution >= 4 is 44.6 Å². The molecule has 0 saturated carbocycles. The molecule has 6 heteroatoms. The number of pyridine rings is 1. The maximum atomic E-state index is 6.87. The summed E-state index contributed by atoms with van der Waals surface area (Å²) in [5, 5.41) is 2.23. The molecule has 0 amide bonds. The first-order valence-electron chi connectivity index (χ1n) is 22.9. The van der Waals surface area contributed by atoms with E-state index in [0.29, 0.717) is 29.3 Å². The summed E-state index contributed by atoms with van der Waals surface area (Å²) in [6.45, 7) is 29.5. The van der Waals surface area contributed by atoms with Gasteiger partial charge >= 0.3 is 0 Å². The topological polar surface area (TPSA) is 33.5 Å². The number of hydrogen-bond acceptors (Lipinski definition) is 4. The third kappa shape index (κ3) is 8.77. The van der Waals surface area contributed by atoms with Gasteiger partial charge in [0, 0.05) is 61.3 Å². The van der Waals surface area contributed by atoms with Crippen LogP contribution in [0.3, 0.4) is 0 Å².